The molecule has 0 saturated carbocycles. The lowest BCUT2D eigenvalue weighted by molar-refractivity contribution is -0.383. The number of thiocarbonyl (C=S) groups is 1. The number of benzene rings is 2. The van der Waals surface area contributed by atoms with Crippen molar-refractivity contribution in [2.75, 3.05) is 10.6 Å². The number of halogens is 1. The van der Waals surface area contributed by atoms with Crippen LogP contribution in [0.1, 0.15) is 0 Å². The number of nitro benzene ring substituents is 1. The molecule has 0 heterocycles. The third-order valence-corrected chi connectivity index (χ3v) is 2.99. The molecule has 0 bridgehead atoms. The highest BCUT2D eigenvalue weighted by Crippen LogP contribution is 2.27. The molecule has 8 heteroatoms. The van der Waals surface area contributed by atoms with E-state index in [1.165, 1.54) is 30.3 Å². The fraction of sp³-hybridized carbons (Fsp3) is 0. The molecule has 21 heavy (non-hydrogen) atoms. The number of hydrogen-bond acceptors (Lipinski definition) is 4. The number of nitrogens with zero attached hydrogens (tertiary/aromatic N) is 1. The summed E-state index contributed by atoms with van der Waals surface area (Å²) < 4.78 is 0. The van der Waals surface area contributed by atoms with Crippen molar-refractivity contribution in [1.29, 1.82) is 0 Å². The number of phenolic OH excluding ortho intramolecular Hbond substituents is 1. The fourth-order valence-electron chi connectivity index (χ4n) is 1.62. The third-order valence-electron chi connectivity index (χ3n) is 2.56. The second-order valence-electron chi connectivity index (χ2n) is 4.01. The zero-order valence-corrected chi connectivity index (χ0v) is 12.1. The van der Waals surface area contributed by atoms with E-state index in [4.69, 9.17) is 23.8 Å². The van der Waals surface area contributed by atoms with Crippen molar-refractivity contribution in [1.82, 2.24) is 0 Å². The molecular formula is C13H10ClN3O3S. The highest BCUT2D eigenvalue weighted by molar-refractivity contribution is 7.80. The minimum Gasteiger partial charge on any atom is -0.506 e. The van der Waals surface area contributed by atoms with Gasteiger partial charge in [-0.15, -0.1) is 0 Å². The summed E-state index contributed by atoms with van der Waals surface area (Å²) in [4.78, 5) is 10.4. The van der Waals surface area contributed by atoms with Crippen LogP contribution in [0.5, 0.6) is 5.75 Å². The second-order valence-corrected chi connectivity index (χ2v) is 4.86. The fourth-order valence-corrected chi connectivity index (χ4v) is 2.01. The van der Waals surface area contributed by atoms with Crippen LogP contribution < -0.4 is 10.6 Å². The topological polar surface area (TPSA) is 87.4 Å². The van der Waals surface area contributed by atoms with Crippen LogP contribution in [0.2, 0.25) is 5.02 Å². The van der Waals surface area contributed by atoms with Gasteiger partial charge < -0.3 is 15.7 Å². The van der Waals surface area contributed by atoms with Crippen LogP contribution in [-0.4, -0.2) is 15.1 Å². The minimum atomic E-state index is -0.512. The van der Waals surface area contributed by atoms with Gasteiger partial charge in [-0.25, -0.2) is 0 Å². The first-order chi connectivity index (χ1) is 9.97. The number of phenols is 1. The highest BCUT2D eigenvalue weighted by Gasteiger charge is 2.13. The van der Waals surface area contributed by atoms with Gasteiger partial charge in [-0.2, -0.15) is 0 Å². The molecule has 0 aliphatic rings. The Bertz CT molecular complexity index is 709. The molecule has 2 aromatic rings. The van der Waals surface area contributed by atoms with Gasteiger partial charge in [-0.05, 0) is 36.5 Å². The van der Waals surface area contributed by atoms with E-state index >= 15 is 0 Å². The Morgan fingerprint density at radius 1 is 1.19 bits per heavy atom. The SMILES string of the molecule is O=[N+]([O-])c1ccccc1NC(=S)Nc1cc(Cl)ccc1O. The Labute approximate surface area is 130 Å². The van der Waals surface area contributed by atoms with Crippen LogP contribution in [0.15, 0.2) is 42.5 Å². The lowest BCUT2D eigenvalue weighted by atomic mass is 10.2. The zero-order chi connectivity index (χ0) is 15.4. The minimum absolute atomic E-state index is 0.0360. The summed E-state index contributed by atoms with van der Waals surface area (Å²) in [6.45, 7) is 0. The molecule has 0 atom stereocenters. The van der Waals surface area contributed by atoms with Gasteiger partial charge in [0.2, 0.25) is 0 Å². The van der Waals surface area contributed by atoms with E-state index in [0.29, 0.717) is 10.7 Å². The highest BCUT2D eigenvalue weighted by atomic mass is 35.5. The molecule has 0 unspecified atom stereocenters. The number of hydrogen-bond donors (Lipinski definition) is 3. The first kappa shape index (κ1) is 15.0. The number of aromatic hydroxyl groups is 1. The summed E-state index contributed by atoms with van der Waals surface area (Å²) >= 11 is 10.9. The Balaban J connectivity index is 2.16. The van der Waals surface area contributed by atoms with Gasteiger partial charge >= 0.3 is 0 Å². The molecule has 0 amide bonds. The zero-order valence-electron chi connectivity index (χ0n) is 10.5. The maximum Gasteiger partial charge on any atom is 0.292 e. The molecule has 6 nitrogen and oxygen atoms in total. The number of nitro groups is 1. The van der Waals surface area contributed by atoms with Gasteiger partial charge in [-0.3, -0.25) is 10.1 Å². The van der Waals surface area contributed by atoms with Gasteiger partial charge in [0, 0.05) is 11.1 Å². The van der Waals surface area contributed by atoms with E-state index < -0.39 is 4.92 Å². The van der Waals surface area contributed by atoms with E-state index in [2.05, 4.69) is 10.6 Å². The molecule has 108 valence electrons. The summed E-state index contributed by atoms with van der Waals surface area (Å²) in [5, 5.41) is 26.5. The predicted octanol–water partition coefficient (Wildman–Crippen LogP) is 3.76. The summed E-state index contributed by atoms with van der Waals surface area (Å²) in [7, 11) is 0. The molecule has 0 saturated heterocycles. The van der Waals surface area contributed by atoms with Crippen LogP contribution in [0, 0.1) is 10.1 Å². The van der Waals surface area contributed by atoms with Crippen molar-refractivity contribution < 1.29 is 10.0 Å². The summed E-state index contributed by atoms with van der Waals surface area (Å²) in [6.07, 6.45) is 0. The average molecular weight is 324 g/mol. The van der Waals surface area contributed by atoms with Crippen molar-refractivity contribution in [3.63, 3.8) is 0 Å². The van der Waals surface area contributed by atoms with E-state index in [9.17, 15) is 15.2 Å². The molecule has 0 aliphatic heterocycles. The van der Waals surface area contributed by atoms with E-state index in [1.807, 2.05) is 0 Å². The van der Waals surface area contributed by atoms with E-state index in [0.717, 1.165) is 0 Å². The van der Waals surface area contributed by atoms with Gasteiger partial charge in [-0.1, -0.05) is 23.7 Å². The van der Waals surface area contributed by atoms with Crippen molar-refractivity contribution in [2.24, 2.45) is 0 Å². The van der Waals surface area contributed by atoms with Crippen LogP contribution in [-0.2, 0) is 0 Å². The average Bonchev–Trinajstić information content (AvgIpc) is 2.43. The van der Waals surface area contributed by atoms with Crippen molar-refractivity contribution in [2.45, 2.75) is 0 Å². The van der Waals surface area contributed by atoms with Gasteiger partial charge in [0.1, 0.15) is 11.4 Å². The van der Waals surface area contributed by atoms with Crippen molar-refractivity contribution >= 4 is 46.0 Å². The molecule has 2 rings (SSSR count). The molecule has 0 radical (unpaired) electrons. The number of nitrogens with one attached hydrogen (secondary N) is 2. The van der Waals surface area contributed by atoms with Crippen LogP contribution >= 0.6 is 23.8 Å². The summed E-state index contributed by atoms with van der Waals surface area (Å²) in [5.41, 5.74) is 0.456. The Morgan fingerprint density at radius 3 is 2.57 bits per heavy atom. The third kappa shape index (κ3) is 3.80. The summed E-state index contributed by atoms with van der Waals surface area (Å²) in [6, 6.07) is 10.5. The van der Waals surface area contributed by atoms with Gasteiger partial charge in [0.25, 0.3) is 5.69 Å². The summed E-state index contributed by atoms with van der Waals surface area (Å²) in [5.74, 6) is -0.0360. The number of anilines is 2. The molecule has 0 aromatic heterocycles. The quantitative estimate of drug-likeness (QED) is 0.345. The Kier molecular flexibility index (Phi) is 4.56. The van der Waals surface area contributed by atoms with Gasteiger partial charge in [0.05, 0.1) is 10.6 Å². The lowest BCUT2D eigenvalue weighted by Gasteiger charge is -2.12. The van der Waals surface area contributed by atoms with E-state index in [-0.39, 0.29) is 22.2 Å². The van der Waals surface area contributed by atoms with Crippen LogP contribution in [0.4, 0.5) is 17.1 Å². The maximum atomic E-state index is 10.9. The second kappa shape index (κ2) is 6.38. The van der Waals surface area contributed by atoms with E-state index in [1.54, 1.807) is 12.1 Å². The smallest absolute Gasteiger partial charge is 0.292 e. The number of rotatable bonds is 3. The monoisotopic (exact) mass is 323 g/mol. The maximum absolute atomic E-state index is 10.9. The normalized spacial score (nSPS) is 9.95. The molecule has 2 aromatic carbocycles. The molecular weight excluding hydrogens is 314 g/mol. The molecule has 3 N–H and O–H groups in total. The largest absolute Gasteiger partial charge is 0.506 e. The van der Waals surface area contributed by atoms with Crippen molar-refractivity contribution in [3.8, 4) is 5.75 Å². The first-order valence-electron chi connectivity index (χ1n) is 5.77. The number of para-hydroxylation sites is 2. The lowest BCUT2D eigenvalue weighted by Crippen LogP contribution is -2.19. The van der Waals surface area contributed by atoms with Crippen molar-refractivity contribution in [3.05, 3.63) is 57.6 Å². The van der Waals surface area contributed by atoms with Crippen LogP contribution in [0.3, 0.4) is 0 Å². The molecule has 0 spiro atoms. The standard InChI is InChI=1S/C13H10ClN3O3S/c14-8-5-6-12(18)10(7-8)16-13(21)15-9-3-1-2-4-11(9)17(19)20/h1-7,18H,(H2,15,16,21). The van der Waals surface area contributed by atoms with Crippen LogP contribution in [0.25, 0.3) is 0 Å². The van der Waals surface area contributed by atoms with Gasteiger partial charge in [0.15, 0.2) is 5.11 Å². The molecule has 0 aliphatic carbocycles. The Hall–Kier alpha value is -2.38. The predicted molar refractivity (Wildman–Crippen MR) is 86.1 cm³/mol. The molecule has 0 fully saturated rings. The first-order valence-corrected chi connectivity index (χ1v) is 6.56. The Morgan fingerprint density at radius 2 is 1.86 bits per heavy atom.